The van der Waals surface area contributed by atoms with Gasteiger partial charge in [-0.3, -0.25) is 0 Å². The Balaban J connectivity index is 1.53. The van der Waals surface area contributed by atoms with Gasteiger partial charge in [-0.25, -0.2) is 19.3 Å². The van der Waals surface area contributed by atoms with Gasteiger partial charge >= 0.3 is 6.61 Å². The number of aryl methyl sites for hydroxylation is 1. The molecular weight excluding hydrogens is 437 g/mol. The topological polar surface area (TPSA) is 81.8 Å². The first-order valence-corrected chi connectivity index (χ1v) is 10.2. The molecule has 4 heterocycles. The molecule has 0 spiro atoms. The van der Waals surface area contributed by atoms with Crippen LogP contribution in [0.5, 0.6) is 5.75 Å². The van der Waals surface area contributed by atoms with Gasteiger partial charge in [0.25, 0.3) is 0 Å². The predicted octanol–water partition coefficient (Wildman–Crippen LogP) is 3.65. The zero-order valence-corrected chi connectivity index (χ0v) is 17.5. The van der Waals surface area contributed by atoms with E-state index in [4.69, 9.17) is 4.74 Å². The lowest BCUT2D eigenvalue weighted by Crippen LogP contribution is -2.47. The van der Waals surface area contributed by atoms with E-state index in [2.05, 4.69) is 19.7 Å². The van der Waals surface area contributed by atoms with Gasteiger partial charge < -0.3 is 19.0 Å². The van der Waals surface area contributed by atoms with E-state index >= 15 is 0 Å². The molecule has 1 saturated heterocycles. The van der Waals surface area contributed by atoms with Crippen LogP contribution in [0.15, 0.2) is 48.9 Å². The SMILES string of the molecule is Cc1nc2cc(F)c(-c3cnc(C4(O)COC4)nc3)cn2c1Cc1ccccc1OC(F)F. The molecular formula is C23H19F3N4O3. The van der Waals surface area contributed by atoms with E-state index in [1.165, 1.54) is 24.5 Å². The maximum atomic E-state index is 14.9. The highest BCUT2D eigenvalue weighted by Crippen LogP contribution is 2.30. The third kappa shape index (κ3) is 3.91. The Morgan fingerprint density at radius 1 is 1.21 bits per heavy atom. The van der Waals surface area contributed by atoms with Crippen LogP contribution in [0.4, 0.5) is 13.2 Å². The zero-order chi connectivity index (χ0) is 23.2. The van der Waals surface area contributed by atoms with E-state index in [9.17, 15) is 18.3 Å². The van der Waals surface area contributed by atoms with Crippen molar-refractivity contribution >= 4 is 5.65 Å². The van der Waals surface area contributed by atoms with Crippen molar-refractivity contribution in [3.8, 4) is 16.9 Å². The molecule has 0 unspecified atom stereocenters. The second-order valence-electron chi connectivity index (χ2n) is 7.89. The van der Waals surface area contributed by atoms with Crippen LogP contribution in [0.25, 0.3) is 16.8 Å². The first-order valence-electron chi connectivity index (χ1n) is 10.2. The van der Waals surface area contributed by atoms with Gasteiger partial charge in [-0.15, -0.1) is 0 Å². The highest BCUT2D eigenvalue weighted by molar-refractivity contribution is 5.64. The van der Waals surface area contributed by atoms with Crippen LogP contribution in [0.2, 0.25) is 0 Å². The van der Waals surface area contributed by atoms with E-state index in [-0.39, 0.29) is 36.8 Å². The first-order chi connectivity index (χ1) is 15.8. The number of halogens is 3. The summed E-state index contributed by atoms with van der Waals surface area (Å²) < 4.78 is 51.9. The van der Waals surface area contributed by atoms with E-state index < -0.39 is 18.0 Å². The number of hydrogen-bond donors (Lipinski definition) is 1. The summed E-state index contributed by atoms with van der Waals surface area (Å²) in [5.41, 5.74) is 1.71. The Morgan fingerprint density at radius 3 is 2.61 bits per heavy atom. The Morgan fingerprint density at radius 2 is 1.94 bits per heavy atom. The Kier molecular flexibility index (Phi) is 5.26. The van der Waals surface area contributed by atoms with Crippen molar-refractivity contribution in [1.29, 1.82) is 0 Å². The van der Waals surface area contributed by atoms with Gasteiger partial charge in [0.2, 0.25) is 0 Å². The molecule has 1 aromatic carbocycles. The van der Waals surface area contributed by atoms with Gasteiger partial charge in [-0.1, -0.05) is 18.2 Å². The molecule has 0 amide bonds. The third-order valence-corrected chi connectivity index (χ3v) is 5.62. The fourth-order valence-electron chi connectivity index (χ4n) is 3.83. The van der Waals surface area contributed by atoms with Crippen LogP contribution >= 0.6 is 0 Å². The van der Waals surface area contributed by atoms with Crippen LogP contribution in [0.1, 0.15) is 22.8 Å². The molecule has 1 N–H and O–H groups in total. The minimum Gasteiger partial charge on any atom is -0.435 e. The number of pyridine rings is 1. The Labute approximate surface area is 186 Å². The number of para-hydroxylation sites is 1. The highest BCUT2D eigenvalue weighted by Gasteiger charge is 2.40. The lowest BCUT2D eigenvalue weighted by Gasteiger charge is -2.34. The van der Waals surface area contributed by atoms with E-state index in [1.807, 2.05) is 0 Å². The summed E-state index contributed by atoms with van der Waals surface area (Å²) in [4.78, 5) is 12.8. The fraction of sp³-hybridized carbons (Fsp3) is 0.261. The highest BCUT2D eigenvalue weighted by atomic mass is 19.3. The van der Waals surface area contributed by atoms with Crippen molar-refractivity contribution in [1.82, 2.24) is 19.4 Å². The molecule has 1 aliphatic rings. The molecule has 33 heavy (non-hydrogen) atoms. The fourth-order valence-corrected chi connectivity index (χ4v) is 3.83. The van der Waals surface area contributed by atoms with Gasteiger partial charge in [0.15, 0.2) is 11.4 Å². The van der Waals surface area contributed by atoms with Crippen LogP contribution in [-0.4, -0.2) is 44.3 Å². The second-order valence-corrected chi connectivity index (χ2v) is 7.89. The molecule has 5 rings (SSSR count). The number of nitrogens with zero attached hydrogens (tertiary/aromatic N) is 4. The van der Waals surface area contributed by atoms with Gasteiger partial charge in [-0.2, -0.15) is 8.78 Å². The molecule has 0 bridgehead atoms. The van der Waals surface area contributed by atoms with Gasteiger partial charge in [0, 0.05) is 53.5 Å². The molecule has 10 heteroatoms. The van der Waals surface area contributed by atoms with Crippen molar-refractivity contribution in [3.05, 3.63) is 77.5 Å². The average Bonchev–Trinajstić information content (AvgIpc) is 3.06. The molecule has 170 valence electrons. The summed E-state index contributed by atoms with van der Waals surface area (Å²) in [7, 11) is 0. The predicted molar refractivity (Wildman–Crippen MR) is 112 cm³/mol. The quantitative estimate of drug-likeness (QED) is 0.477. The van der Waals surface area contributed by atoms with Gasteiger partial charge in [0.05, 0.1) is 18.9 Å². The maximum Gasteiger partial charge on any atom is 0.387 e. The summed E-state index contributed by atoms with van der Waals surface area (Å²) >= 11 is 0. The van der Waals surface area contributed by atoms with Crippen molar-refractivity contribution in [3.63, 3.8) is 0 Å². The summed E-state index contributed by atoms with van der Waals surface area (Å²) in [6.07, 6.45) is 4.72. The van der Waals surface area contributed by atoms with Crippen molar-refractivity contribution < 1.29 is 27.8 Å². The first kappa shape index (κ1) is 21.4. The molecule has 0 radical (unpaired) electrons. The van der Waals surface area contributed by atoms with E-state index in [0.717, 1.165) is 0 Å². The monoisotopic (exact) mass is 456 g/mol. The summed E-state index contributed by atoms with van der Waals surface area (Å²) in [6, 6.07) is 7.82. The van der Waals surface area contributed by atoms with Gasteiger partial charge in [0.1, 0.15) is 17.2 Å². The van der Waals surface area contributed by atoms with Crippen LogP contribution < -0.4 is 4.74 Å². The normalized spacial score (nSPS) is 15.1. The zero-order valence-electron chi connectivity index (χ0n) is 17.5. The van der Waals surface area contributed by atoms with Crippen LogP contribution in [0, 0.1) is 12.7 Å². The molecule has 7 nitrogen and oxygen atoms in total. The largest absolute Gasteiger partial charge is 0.435 e. The van der Waals surface area contributed by atoms with Crippen molar-refractivity contribution in [2.24, 2.45) is 0 Å². The molecule has 0 saturated carbocycles. The molecule has 0 aliphatic carbocycles. The number of ether oxygens (including phenoxy) is 2. The Bertz CT molecular complexity index is 1320. The van der Waals surface area contributed by atoms with Crippen LogP contribution in [0.3, 0.4) is 0 Å². The molecule has 0 atom stereocenters. The number of aliphatic hydroxyl groups is 1. The van der Waals surface area contributed by atoms with Crippen LogP contribution in [-0.2, 0) is 16.8 Å². The van der Waals surface area contributed by atoms with Crippen molar-refractivity contribution in [2.75, 3.05) is 13.2 Å². The number of fused-ring (bicyclic) bond motifs is 1. The maximum absolute atomic E-state index is 14.9. The smallest absolute Gasteiger partial charge is 0.387 e. The van der Waals surface area contributed by atoms with Gasteiger partial charge in [-0.05, 0) is 13.0 Å². The summed E-state index contributed by atoms with van der Waals surface area (Å²) in [5, 5.41) is 10.3. The number of benzene rings is 1. The summed E-state index contributed by atoms with van der Waals surface area (Å²) in [5.74, 6) is -0.220. The standard InChI is InChI=1S/C23H19F3N4O3/c1-13-18(6-14-4-2-3-5-19(14)33-22(25)26)30-10-16(17(24)7-20(30)29-13)15-8-27-21(28-9-15)23(31)11-32-12-23/h2-5,7-10,22,31H,6,11-12H2,1H3. The van der Waals surface area contributed by atoms with E-state index in [0.29, 0.717) is 28.2 Å². The number of aromatic nitrogens is 4. The molecule has 1 fully saturated rings. The molecule has 1 aliphatic heterocycles. The Hall–Kier alpha value is -3.50. The van der Waals surface area contributed by atoms with E-state index in [1.54, 1.807) is 35.7 Å². The third-order valence-electron chi connectivity index (χ3n) is 5.62. The average molecular weight is 456 g/mol. The molecule has 3 aromatic heterocycles. The lowest BCUT2D eigenvalue weighted by atomic mass is 10.0. The second kappa shape index (κ2) is 8.13. The minimum atomic E-state index is -2.94. The molecule has 4 aromatic rings. The number of alkyl halides is 2. The number of hydrogen-bond acceptors (Lipinski definition) is 6. The lowest BCUT2D eigenvalue weighted by molar-refractivity contribution is -0.189. The minimum absolute atomic E-state index is 0.0751. The number of rotatable bonds is 6. The summed E-state index contributed by atoms with van der Waals surface area (Å²) in [6.45, 7) is -0.944. The number of imidazole rings is 1. The van der Waals surface area contributed by atoms with Crippen molar-refractivity contribution in [2.45, 2.75) is 25.6 Å².